The van der Waals surface area contributed by atoms with Crippen LogP contribution in [-0.2, 0) is 23.9 Å². The van der Waals surface area contributed by atoms with Gasteiger partial charge in [0.15, 0.2) is 0 Å². The van der Waals surface area contributed by atoms with Crippen LogP contribution in [0.4, 0.5) is 0 Å². The summed E-state index contributed by atoms with van der Waals surface area (Å²) in [7, 11) is 0. The highest BCUT2D eigenvalue weighted by Crippen LogP contribution is 2.01. The van der Waals surface area contributed by atoms with Crippen LogP contribution >= 0.6 is 0 Å². The van der Waals surface area contributed by atoms with Crippen LogP contribution in [0.2, 0.25) is 0 Å². The summed E-state index contributed by atoms with van der Waals surface area (Å²) in [6.45, 7) is 4.92. The third-order valence-corrected chi connectivity index (χ3v) is 3.01. The fourth-order valence-corrected chi connectivity index (χ4v) is 1.86. The molecule has 0 saturated heterocycles. The van der Waals surface area contributed by atoms with Crippen molar-refractivity contribution in [3.63, 3.8) is 0 Å². The van der Waals surface area contributed by atoms with Gasteiger partial charge in [-0.3, -0.25) is 14.9 Å². The highest BCUT2D eigenvalue weighted by molar-refractivity contribution is 5.82. The number of rotatable bonds is 15. The molecule has 0 saturated carbocycles. The van der Waals surface area contributed by atoms with E-state index in [4.69, 9.17) is 14.6 Å². The van der Waals surface area contributed by atoms with Crippen LogP contribution in [0.3, 0.4) is 0 Å². The fourth-order valence-electron chi connectivity index (χ4n) is 1.86. The van der Waals surface area contributed by atoms with Crippen molar-refractivity contribution < 1.29 is 34.1 Å². The number of aliphatic hydroxyl groups is 1. The van der Waals surface area contributed by atoms with Gasteiger partial charge in [-0.05, 0) is 19.8 Å². The van der Waals surface area contributed by atoms with Crippen LogP contribution in [-0.4, -0.2) is 79.8 Å². The number of carbonyl (C=O) groups excluding carboxylic acids is 2. The van der Waals surface area contributed by atoms with E-state index in [1.807, 2.05) is 6.92 Å². The summed E-state index contributed by atoms with van der Waals surface area (Å²) in [6, 6.07) is -1.02. The molecule has 0 aliphatic carbocycles. The maximum absolute atomic E-state index is 11.1. The van der Waals surface area contributed by atoms with Crippen LogP contribution in [0.5, 0.6) is 0 Å². The molecule has 0 heterocycles. The van der Waals surface area contributed by atoms with Crippen molar-refractivity contribution in [3.8, 4) is 0 Å². The summed E-state index contributed by atoms with van der Waals surface area (Å²) >= 11 is 0. The number of carboxylic acids is 1. The molecule has 0 bridgehead atoms. The van der Waals surface area contributed by atoms with Gasteiger partial charge in [0.05, 0.1) is 19.8 Å². The summed E-state index contributed by atoms with van der Waals surface area (Å²) < 4.78 is 10.4. The first-order valence-electron chi connectivity index (χ1n) is 8.20. The zero-order chi connectivity index (χ0) is 19.1. The Hall–Kier alpha value is -1.75. The molecule has 0 fully saturated rings. The lowest BCUT2D eigenvalue weighted by molar-refractivity contribution is -0.141. The zero-order valence-corrected chi connectivity index (χ0v) is 14.7. The Balaban J connectivity index is 3.60. The zero-order valence-electron chi connectivity index (χ0n) is 14.7. The van der Waals surface area contributed by atoms with Gasteiger partial charge in [-0.1, -0.05) is 0 Å². The standard InChI is InChI=1S/C15H29N3O7/c1-3-16-14(21)10-25-9-8-24-7-6-17-13(20)5-4-12(15(22)23)18-11(2)19/h12-13,17,20H,3-10H2,1-2H3,(H,16,21)(H,18,19)(H,22,23). The number of ether oxygens (including phenoxy) is 2. The normalized spacial score (nSPS) is 13.1. The van der Waals surface area contributed by atoms with E-state index in [-0.39, 0.29) is 32.0 Å². The molecule has 0 aliphatic heterocycles. The lowest BCUT2D eigenvalue weighted by Crippen LogP contribution is -2.41. The Morgan fingerprint density at radius 2 is 1.76 bits per heavy atom. The van der Waals surface area contributed by atoms with Gasteiger partial charge in [-0.25, -0.2) is 4.79 Å². The topological polar surface area (TPSA) is 146 Å². The quantitative estimate of drug-likeness (QED) is 0.173. The SMILES string of the molecule is CCNC(=O)COCCOCCNC(O)CCC(NC(C)=O)C(=O)O. The second-order valence-corrected chi connectivity index (χ2v) is 5.26. The monoisotopic (exact) mass is 363 g/mol. The average Bonchev–Trinajstić information content (AvgIpc) is 2.53. The summed E-state index contributed by atoms with van der Waals surface area (Å²) in [6.07, 6.45) is -0.613. The molecule has 10 heteroatoms. The second-order valence-electron chi connectivity index (χ2n) is 5.26. The number of aliphatic hydroxyl groups excluding tert-OH is 1. The lowest BCUT2D eigenvalue weighted by atomic mass is 10.1. The molecular weight excluding hydrogens is 334 g/mol. The third kappa shape index (κ3) is 14.3. The van der Waals surface area contributed by atoms with Gasteiger partial charge >= 0.3 is 5.97 Å². The van der Waals surface area contributed by atoms with Crippen molar-refractivity contribution in [2.24, 2.45) is 0 Å². The highest BCUT2D eigenvalue weighted by Gasteiger charge is 2.19. The molecule has 25 heavy (non-hydrogen) atoms. The molecule has 0 aromatic heterocycles. The molecule has 5 N–H and O–H groups in total. The summed E-state index contributed by atoms with van der Waals surface area (Å²) in [5.74, 6) is -1.75. The first-order chi connectivity index (χ1) is 11.9. The summed E-state index contributed by atoms with van der Waals surface area (Å²) in [4.78, 5) is 32.9. The minimum absolute atomic E-state index is 0.00674. The smallest absolute Gasteiger partial charge is 0.326 e. The number of aliphatic carboxylic acids is 1. The molecule has 0 aliphatic rings. The van der Waals surface area contributed by atoms with E-state index >= 15 is 0 Å². The van der Waals surface area contributed by atoms with Gasteiger partial charge in [-0.15, -0.1) is 0 Å². The van der Waals surface area contributed by atoms with Gasteiger partial charge in [-0.2, -0.15) is 0 Å². The Morgan fingerprint density at radius 3 is 2.36 bits per heavy atom. The average molecular weight is 363 g/mol. The van der Waals surface area contributed by atoms with Crippen molar-refractivity contribution in [1.82, 2.24) is 16.0 Å². The van der Waals surface area contributed by atoms with Crippen molar-refractivity contribution in [1.29, 1.82) is 0 Å². The number of nitrogens with one attached hydrogen (secondary N) is 3. The van der Waals surface area contributed by atoms with Crippen molar-refractivity contribution in [2.45, 2.75) is 39.0 Å². The van der Waals surface area contributed by atoms with E-state index in [0.717, 1.165) is 0 Å². The van der Waals surface area contributed by atoms with Crippen LogP contribution in [0.15, 0.2) is 0 Å². The first-order valence-corrected chi connectivity index (χ1v) is 8.20. The molecule has 0 aromatic carbocycles. The van der Waals surface area contributed by atoms with Crippen LogP contribution < -0.4 is 16.0 Å². The predicted molar refractivity (Wildman–Crippen MR) is 88.8 cm³/mol. The van der Waals surface area contributed by atoms with Crippen molar-refractivity contribution in [2.75, 3.05) is 39.5 Å². The van der Waals surface area contributed by atoms with E-state index in [9.17, 15) is 19.5 Å². The number of likely N-dealkylation sites (N-methyl/N-ethyl adjacent to an activating group) is 1. The Kier molecular flexibility index (Phi) is 13.6. The van der Waals surface area contributed by atoms with E-state index in [2.05, 4.69) is 16.0 Å². The van der Waals surface area contributed by atoms with Crippen molar-refractivity contribution >= 4 is 17.8 Å². The van der Waals surface area contributed by atoms with E-state index in [0.29, 0.717) is 26.3 Å². The van der Waals surface area contributed by atoms with Gasteiger partial charge < -0.3 is 30.3 Å². The Morgan fingerprint density at radius 1 is 1.08 bits per heavy atom. The molecule has 0 aromatic rings. The molecule has 0 radical (unpaired) electrons. The molecule has 2 unspecified atom stereocenters. The Labute approximate surface area is 147 Å². The van der Waals surface area contributed by atoms with Crippen LogP contribution in [0.1, 0.15) is 26.7 Å². The van der Waals surface area contributed by atoms with Crippen LogP contribution in [0.25, 0.3) is 0 Å². The number of hydrogen-bond acceptors (Lipinski definition) is 7. The maximum atomic E-state index is 11.1. The fraction of sp³-hybridized carbons (Fsp3) is 0.800. The minimum Gasteiger partial charge on any atom is -0.480 e. The Bertz CT molecular complexity index is 407. The molecule has 146 valence electrons. The molecule has 0 spiro atoms. The number of carbonyl (C=O) groups is 3. The number of hydrogen-bond donors (Lipinski definition) is 5. The van der Waals surface area contributed by atoms with E-state index in [1.165, 1.54) is 6.92 Å². The first kappa shape index (κ1) is 23.2. The second kappa shape index (κ2) is 14.6. The molecule has 0 rings (SSSR count). The maximum Gasteiger partial charge on any atom is 0.326 e. The van der Waals surface area contributed by atoms with Gasteiger partial charge in [0.1, 0.15) is 18.9 Å². The third-order valence-electron chi connectivity index (χ3n) is 3.01. The van der Waals surface area contributed by atoms with Crippen molar-refractivity contribution in [3.05, 3.63) is 0 Å². The predicted octanol–water partition coefficient (Wildman–Crippen LogP) is -1.57. The highest BCUT2D eigenvalue weighted by atomic mass is 16.5. The lowest BCUT2D eigenvalue weighted by Gasteiger charge is -2.17. The molecule has 2 atom stereocenters. The molecular formula is C15H29N3O7. The van der Waals surface area contributed by atoms with Crippen LogP contribution in [0, 0.1) is 0 Å². The van der Waals surface area contributed by atoms with Gasteiger partial charge in [0.25, 0.3) is 0 Å². The molecule has 2 amide bonds. The number of amides is 2. The molecule has 10 nitrogen and oxygen atoms in total. The van der Waals surface area contributed by atoms with Gasteiger partial charge in [0.2, 0.25) is 11.8 Å². The minimum atomic E-state index is -1.14. The van der Waals surface area contributed by atoms with E-state index < -0.39 is 24.1 Å². The number of carboxylic acid groups (broad SMARTS) is 1. The summed E-state index contributed by atoms with van der Waals surface area (Å²) in [5.41, 5.74) is 0. The largest absolute Gasteiger partial charge is 0.480 e. The van der Waals surface area contributed by atoms with E-state index in [1.54, 1.807) is 0 Å². The van der Waals surface area contributed by atoms with Gasteiger partial charge in [0, 0.05) is 20.0 Å². The summed E-state index contributed by atoms with van der Waals surface area (Å²) in [5, 5.41) is 26.3.